The van der Waals surface area contributed by atoms with Gasteiger partial charge >= 0.3 is 0 Å². The van der Waals surface area contributed by atoms with Crippen molar-refractivity contribution in [3.63, 3.8) is 0 Å². The first-order valence-corrected chi connectivity index (χ1v) is 18.3. The maximum absolute atomic E-state index is 13.2. The van der Waals surface area contributed by atoms with Crippen LogP contribution in [0.4, 0.5) is 39.8 Å². The molecule has 0 aromatic heterocycles. The second-order valence-corrected chi connectivity index (χ2v) is 14.6. The van der Waals surface area contributed by atoms with Crippen molar-refractivity contribution < 1.29 is 19.1 Å². The molecule has 0 aliphatic rings. The molecule has 6 aromatic rings. The van der Waals surface area contributed by atoms with Crippen LogP contribution in [-0.2, 0) is 5.41 Å². The maximum Gasteiger partial charge on any atom is 0.255 e. The molecule has 0 atom stereocenters. The Morgan fingerprint density at radius 1 is 0.491 bits per heavy atom. The van der Waals surface area contributed by atoms with Crippen LogP contribution in [0.25, 0.3) is 0 Å². The van der Waals surface area contributed by atoms with Crippen LogP contribution in [0.2, 0.25) is 0 Å². The van der Waals surface area contributed by atoms with Crippen LogP contribution in [0.5, 0.6) is 11.5 Å². The molecule has 8 nitrogen and oxygen atoms in total. The zero-order chi connectivity index (χ0) is 39.1. The van der Waals surface area contributed by atoms with Crippen molar-refractivity contribution >= 4 is 51.6 Å². The van der Waals surface area contributed by atoms with Gasteiger partial charge in [-0.3, -0.25) is 9.59 Å². The average molecular weight is 733 g/mol. The molecule has 0 aliphatic heterocycles. The smallest absolute Gasteiger partial charge is 0.255 e. The summed E-state index contributed by atoms with van der Waals surface area (Å²) >= 11 is 0. The van der Waals surface area contributed by atoms with E-state index in [4.69, 9.17) is 9.47 Å². The first kappa shape index (κ1) is 38.2. The van der Waals surface area contributed by atoms with Crippen molar-refractivity contribution in [3.05, 3.63) is 162 Å². The summed E-state index contributed by atoms with van der Waals surface area (Å²) in [7, 11) is 3.33. The number of benzene rings is 6. The van der Waals surface area contributed by atoms with E-state index < -0.39 is 0 Å². The normalized spacial score (nSPS) is 11.1. The van der Waals surface area contributed by atoms with Gasteiger partial charge in [-0.25, -0.2) is 0 Å². The van der Waals surface area contributed by atoms with Crippen molar-refractivity contribution in [3.8, 4) is 11.5 Å². The SMILES string of the molecule is COc1ccc(N(c2ccc(OC)cc2)c2ccc(N(c3ccc(NC(=O)c4ccc(C(=O)NC(C)C)cc4)cc3)c3ccc(C(C)(C)C)cc3)cc2)cc1. The lowest BCUT2D eigenvalue weighted by Gasteiger charge is -2.29. The molecular formula is C47H48N4O4. The number of nitrogens with one attached hydrogen (secondary N) is 2. The Labute approximate surface area is 324 Å². The number of carbonyl (C=O) groups excluding carboxylic acids is 2. The van der Waals surface area contributed by atoms with Crippen molar-refractivity contribution in [2.24, 2.45) is 0 Å². The van der Waals surface area contributed by atoms with E-state index in [0.29, 0.717) is 16.8 Å². The lowest BCUT2D eigenvalue weighted by molar-refractivity contribution is 0.0941. The molecule has 0 heterocycles. The van der Waals surface area contributed by atoms with Crippen LogP contribution in [0.15, 0.2) is 146 Å². The minimum absolute atomic E-state index is 0.0120. The van der Waals surface area contributed by atoms with E-state index in [9.17, 15) is 9.59 Å². The molecule has 0 unspecified atom stereocenters. The Hall–Kier alpha value is -6.54. The van der Waals surface area contributed by atoms with E-state index in [2.05, 4.69) is 89.7 Å². The lowest BCUT2D eigenvalue weighted by Crippen LogP contribution is -2.30. The quantitative estimate of drug-likeness (QED) is 0.130. The molecule has 2 N–H and O–H groups in total. The molecule has 0 spiro atoms. The molecule has 55 heavy (non-hydrogen) atoms. The molecule has 0 saturated carbocycles. The summed E-state index contributed by atoms with van der Waals surface area (Å²) in [6.45, 7) is 10.4. The topological polar surface area (TPSA) is 83.1 Å². The average Bonchev–Trinajstić information content (AvgIpc) is 3.19. The molecule has 0 aliphatic carbocycles. The Bertz CT molecular complexity index is 2140. The van der Waals surface area contributed by atoms with Crippen LogP contribution in [0.1, 0.15) is 60.9 Å². The highest BCUT2D eigenvalue weighted by atomic mass is 16.5. The van der Waals surface area contributed by atoms with E-state index in [0.717, 1.165) is 45.6 Å². The summed E-state index contributed by atoms with van der Waals surface area (Å²) in [6.07, 6.45) is 0. The molecule has 8 heteroatoms. The van der Waals surface area contributed by atoms with Gasteiger partial charge in [-0.05, 0) is 158 Å². The number of nitrogens with zero attached hydrogens (tertiary/aromatic N) is 2. The Kier molecular flexibility index (Phi) is 11.6. The third-order valence-corrected chi connectivity index (χ3v) is 9.23. The Balaban J connectivity index is 1.30. The molecule has 6 rings (SSSR count). The highest BCUT2D eigenvalue weighted by molar-refractivity contribution is 6.05. The predicted molar refractivity (Wildman–Crippen MR) is 225 cm³/mol. The predicted octanol–water partition coefficient (Wildman–Crippen LogP) is 11.3. The molecule has 2 amide bonds. The van der Waals surface area contributed by atoms with Crippen molar-refractivity contribution in [1.29, 1.82) is 0 Å². The van der Waals surface area contributed by atoms with E-state index in [1.54, 1.807) is 38.5 Å². The largest absolute Gasteiger partial charge is 0.497 e. The molecule has 0 bridgehead atoms. The summed E-state index contributed by atoms with van der Waals surface area (Å²) in [5.41, 5.74) is 8.73. The van der Waals surface area contributed by atoms with Gasteiger partial charge in [0.15, 0.2) is 0 Å². The van der Waals surface area contributed by atoms with Crippen molar-refractivity contribution in [2.45, 2.75) is 46.1 Å². The third kappa shape index (κ3) is 9.16. The van der Waals surface area contributed by atoms with Gasteiger partial charge in [-0.2, -0.15) is 0 Å². The number of carbonyl (C=O) groups is 2. The molecule has 280 valence electrons. The fraction of sp³-hybridized carbons (Fsp3) is 0.191. The van der Waals surface area contributed by atoms with Crippen molar-refractivity contribution in [2.75, 3.05) is 29.3 Å². The number of rotatable bonds is 12. The van der Waals surface area contributed by atoms with Crippen LogP contribution in [0.3, 0.4) is 0 Å². The van der Waals surface area contributed by atoms with E-state index in [-0.39, 0.29) is 23.3 Å². The minimum Gasteiger partial charge on any atom is -0.497 e. The second kappa shape index (κ2) is 16.6. The standard InChI is InChI=1S/C47H48N4O4/c1-32(2)48-45(52)33-8-10-34(11-9-33)46(53)49-36-14-18-38(19-15-36)50(37-16-12-35(13-17-37)47(3,4)5)39-20-22-40(23-21-39)51(41-24-28-43(54-6)29-25-41)42-26-30-44(55-7)31-27-42/h8-32H,1-7H3,(H,48,52)(H,49,53). The van der Waals surface area contributed by atoms with Gasteiger partial charge in [-0.1, -0.05) is 32.9 Å². The monoisotopic (exact) mass is 732 g/mol. The van der Waals surface area contributed by atoms with Crippen LogP contribution < -0.4 is 29.9 Å². The highest BCUT2D eigenvalue weighted by Gasteiger charge is 2.19. The van der Waals surface area contributed by atoms with E-state index >= 15 is 0 Å². The fourth-order valence-electron chi connectivity index (χ4n) is 6.23. The second-order valence-electron chi connectivity index (χ2n) is 14.6. The van der Waals surface area contributed by atoms with Gasteiger partial charge in [0.05, 0.1) is 14.2 Å². The number of amides is 2. The molecular weight excluding hydrogens is 685 g/mol. The molecule has 0 saturated heterocycles. The number of methoxy groups -OCH3 is 2. The van der Waals surface area contributed by atoms with Gasteiger partial charge in [0.25, 0.3) is 11.8 Å². The van der Waals surface area contributed by atoms with Gasteiger partial charge in [0.2, 0.25) is 0 Å². The van der Waals surface area contributed by atoms with E-state index in [1.165, 1.54) is 5.56 Å². The van der Waals surface area contributed by atoms with Crippen LogP contribution in [0, 0.1) is 0 Å². The summed E-state index contributed by atoms with van der Waals surface area (Å²) in [5.74, 6) is 1.15. The van der Waals surface area contributed by atoms with Gasteiger partial charge in [0, 0.05) is 57.0 Å². The fourth-order valence-corrected chi connectivity index (χ4v) is 6.23. The van der Waals surface area contributed by atoms with Gasteiger partial charge in [0.1, 0.15) is 11.5 Å². The number of anilines is 7. The first-order valence-electron chi connectivity index (χ1n) is 18.3. The van der Waals surface area contributed by atoms with Crippen LogP contribution >= 0.6 is 0 Å². The number of hydrogen-bond acceptors (Lipinski definition) is 6. The summed E-state index contributed by atoms with van der Waals surface area (Å²) in [4.78, 5) is 29.9. The Morgan fingerprint density at radius 2 is 0.818 bits per heavy atom. The van der Waals surface area contributed by atoms with E-state index in [1.807, 2.05) is 86.6 Å². The van der Waals surface area contributed by atoms with Crippen molar-refractivity contribution in [1.82, 2.24) is 5.32 Å². The van der Waals surface area contributed by atoms with Gasteiger partial charge in [-0.15, -0.1) is 0 Å². The molecule has 0 fully saturated rings. The molecule has 6 aromatic carbocycles. The lowest BCUT2D eigenvalue weighted by atomic mass is 9.87. The maximum atomic E-state index is 13.2. The van der Waals surface area contributed by atoms with Crippen LogP contribution in [-0.4, -0.2) is 32.1 Å². The first-order chi connectivity index (χ1) is 26.4. The Morgan fingerprint density at radius 3 is 1.16 bits per heavy atom. The number of hydrogen-bond donors (Lipinski definition) is 2. The zero-order valence-electron chi connectivity index (χ0n) is 32.5. The minimum atomic E-state index is -0.257. The third-order valence-electron chi connectivity index (χ3n) is 9.23. The zero-order valence-corrected chi connectivity index (χ0v) is 32.5. The summed E-state index contributed by atoms with van der Waals surface area (Å²) < 4.78 is 10.9. The highest BCUT2D eigenvalue weighted by Crippen LogP contribution is 2.40. The summed E-state index contributed by atoms with van der Waals surface area (Å²) in [5, 5.41) is 5.86. The molecule has 0 radical (unpaired) electrons. The van der Waals surface area contributed by atoms with Gasteiger partial charge < -0.3 is 29.9 Å². The number of ether oxygens (including phenoxy) is 2. The summed E-state index contributed by atoms with van der Waals surface area (Å²) in [6, 6.07) is 47.6.